The highest BCUT2D eigenvalue weighted by molar-refractivity contribution is 5.96. The van der Waals surface area contributed by atoms with Crippen molar-refractivity contribution >= 4 is 23.2 Å². The number of fused-ring (bicyclic) bond motifs is 2. The Morgan fingerprint density at radius 1 is 0.750 bits per heavy atom. The van der Waals surface area contributed by atoms with Crippen LogP contribution >= 0.6 is 0 Å². The van der Waals surface area contributed by atoms with Gasteiger partial charge in [0, 0.05) is 0 Å². The van der Waals surface area contributed by atoms with Crippen molar-refractivity contribution in [2.45, 2.75) is 12.8 Å². The molecule has 2 amide bonds. The van der Waals surface area contributed by atoms with Gasteiger partial charge in [0.15, 0.2) is 13.2 Å². The molecule has 0 fully saturated rings. The van der Waals surface area contributed by atoms with Gasteiger partial charge in [0.2, 0.25) is 0 Å². The molecule has 2 aromatic carbocycles. The molecule has 0 atom stereocenters. The quantitative estimate of drug-likeness (QED) is 0.907. The Hall–Kier alpha value is -3.02. The number of benzene rings is 2. The molecule has 24 heavy (non-hydrogen) atoms. The number of aryl methyl sites for hydroxylation is 2. The number of hydrogen-bond donors (Lipinski definition) is 2. The molecule has 4 rings (SSSR count). The van der Waals surface area contributed by atoms with Crippen molar-refractivity contribution in [3.8, 4) is 11.5 Å². The van der Waals surface area contributed by atoms with Crippen LogP contribution in [0.1, 0.15) is 11.1 Å². The van der Waals surface area contributed by atoms with E-state index in [1.54, 1.807) is 0 Å². The number of nitrogens with one attached hydrogen (secondary N) is 2. The van der Waals surface area contributed by atoms with E-state index in [1.165, 1.54) is 0 Å². The molecule has 0 saturated heterocycles. The fraction of sp³-hybridized carbons (Fsp3) is 0.222. The summed E-state index contributed by atoms with van der Waals surface area (Å²) in [6, 6.07) is 11.6. The molecular formula is C18H16N2O4. The van der Waals surface area contributed by atoms with Crippen LogP contribution in [0.15, 0.2) is 36.4 Å². The van der Waals surface area contributed by atoms with Gasteiger partial charge in [-0.2, -0.15) is 0 Å². The van der Waals surface area contributed by atoms with E-state index in [0.717, 1.165) is 35.3 Å². The van der Waals surface area contributed by atoms with Gasteiger partial charge in [-0.3, -0.25) is 9.59 Å². The molecule has 0 aromatic heterocycles. The van der Waals surface area contributed by atoms with Crippen LogP contribution in [0.3, 0.4) is 0 Å². The Balaban J connectivity index is 1.47. The van der Waals surface area contributed by atoms with Crippen molar-refractivity contribution < 1.29 is 19.1 Å². The van der Waals surface area contributed by atoms with Crippen molar-refractivity contribution in [2.75, 3.05) is 23.8 Å². The Kier molecular flexibility index (Phi) is 3.57. The SMILES string of the molecule is O=C1COc2ccc(CCc3ccc4c(c3)NC(=O)CO4)cc2N1. The van der Waals surface area contributed by atoms with Gasteiger partial charge in [-0.15, -0.1) is 0 Å². The van der Waals surface area contributed by atoms with E-state index in [1.807, 2.05) is 36.4 Å². The summed E-state index contributed by atoms with van der Waals surface area (Å²) in [5.74, 6) is 1.13. The van der Waals surface area contributed by atoms with Crippen LogP contribution in [-0.2, 0) is 22.4 Å². The summed E-state index contributed by atoms with van der Waals surface area (Å²) in [7, 11) is 0. The second kappa shape index (κ2) is 5.88. The highest BCUT2D eigenvalue weighted by atomic mass is 16.5. The minimum Gasteiger partial charge on any atom is -0.482 e. The first-order chi connectivity index (χ1) is 11.7. The predicted octanol–water partition coefficient (Wildman–Crippen LogP) is 2.13. The zero-order chi connectivity index (χ0) is 16.5. The van der Waals surface area contributed by atoms with E-state index < -0.39 is 0 Å². The molecular weight excluding hydrogens is 308 g/mol. The minimum absolute atomic E-state index is 0.0647. The second-order valence-corrected chi connectivity index (χ2v) is 5.83. The summed E-state index contributed by atoms with van der Waals surface area (Å²) in [5, 5.41) is 5.63. The molecule has 0 aliphatic carbocycles. The van der Waals surface area contributed by atoms with E-state index in [4.69, 9.17) is 9.47 Å². The van der Waals surface area contributed by atoms with E-state index in [9.17, 15) is 9.59 Å². The van der Waals surface area contributed by atoms with E-state index in [2.05, 4.69) is 10.6 Å². The van der Waals surface area contributed by atoms with Gasteiger partial charge in [0.05, 0.1) is 11.4 Å². The number of ether oxygens (including phenoxy) is 2. The summed E-state index contributed by atoms with van der Waals surface area (Å²) < 4.78 is 10.7. The number of carbonyl (C=O) groups excluding carboxylic acids is 2. The maximum Gasteiger partial charge on any atom is 0.262 e. The molecule has 2 N–H and O–H groups in total. The lowest BCUT2D eigenvalue weighted by Gasteiger charge is -2.19. The number of anilines is 2. The number of hydrogen-bond acceptors (Lipinski definition) is 4. The van der Waals surface area contributed by atoms with E-state index in [-0.39, 0.29) is 25.0 Å². The van der Waals surface area contributed by atoms with Crippen molar-refractivity contribution in [3.05, 3.63) is 47.5 Å². The molecule has 6 heteroatoms. The van der Waals surface area contributed by atoms with Crippen LogP contribution in [0.4, 0.5) is 11.4 Å². The zero-order valence-corrected chi connectivity index (χ0v) is 12.9. The normalized spacial score (nSPS) is 15.3. The molecule has 2 aliphatic rings. The Morgan fingerprint density at radius 3 is 1.67 bits per heavy atom. The van der Waals surface area contributed by atoms with Crippen molar-refractivity contribution in [1.82, 2.24) is 0 Å². The Morgan fingerprint density at radius 2 is 1.21 bits per heavy atom. The predicted molar refractivity (Wildman–Crippen MR) is 88.5 cm³/mol. The molecule has 0 radical (unpaired) electrons. The monoisotopic (exact) mass is 324 g/mol. The number of rotatable bonds is 3. The first kappa shape index (κ1) is 14.6. The average Bonchev–Trinajstić information content (AvgIpc) is 2.59. The molecule has 2 heterocycles. The van der Waals surface area contributed by atoms with Crippen LogP contribution in [-0.4, -0.2) is 25.0 Å². The van der Waals surface area contributed by atoms with Crippen LogP contribution in [0.5, 0.6) is 11.5 Å². The summed E-state index contributed by atoms with van der Waals surface area (Å²) in [4.78, 5) is 22.8. The molecule has 0 saturated carbocycles. The lowest BCUT2D eigenvalue weighted by molar-refractivity contribution is -0.119. The van der Waals surface area contributed by atoms with Gasteiger partial charge in [-0.05, 0) is 48.2 Å². The summed E-state index contributed by atoms with van der Waals surface area (Å²) in [6.07, 6.45) is 1.63. The van der Waals surface area contributed by atoms with Crippen molar-refractivity contribution in [2.24, 2.45) is 0 Å². The summed E-state index contributed by atoms with van der Waals surface area (Å²) >= 11 is 0. The van der Waals surface area contributed by atoms with Crippen molar-refractivity contribution in [1.29, 1.82) is 0 Å². The highest BCUT2D eigenvalue weighted by Gasteiger charge is 2.17. The third-order valence-electron chi connectivity index (χ3n) is 4.06. The van der Waals surface area contributed by atoms with E-state index >= 15 is 0 Å². The van der Waals surface area contributed by atoms with Gasteiger partial charge < -0.3 is 20.1 Å². The van der Waals surface area contributed by atoms with Crippen LogP contribution in [0.25, 0.3) is 0 Å². The standard InChI is InChI=1S/C18H16N2O4/c21-17-9-23-15-5-3-11(7-13(15)19-17)1-2-12-4-6-16-14(8-12)20-18(22)10-24-16/h3-8H,1-2,9-10H2,(H,19,21)(H,20,22). The second-order valence-electron chi connectivity index (χ2n) is 5.83. The van der Waals surface area contributed by atoms with Gasteiger partial charge in [-0.25, -0.2) is 0 Å². The first-order valence-electron chi connectivity index (χ1n) is 7.78. The van der Waals surface area contributed by atoms with Gasteiger partial charge in [0.1, 0.15) is 11.5 Å². The van der Waals surface area contributed by atoms with Gasteiger partial charge >= 0.3 is 0 Å². The highest BCUT2D eigenvalue weighted by Crippen LogP contribution is 2.30. The molecule has 6 nitrogen and oxygen atoms in total. The van der Waals surface area contributed by atoms with Crippen LogP contribution in [0.2, 0.25) is 0 Å². The smallest absolute Gasteiger partial charge is 0.262 e. The van der Waals surface area contributed by atoms with Gasteiger partial charge in [-0.1, -0.05) is 12.1 Å². The molecule has 0 unspecified atom stereocenters. The maximum absolute atomic E-state index is 11.4. The van der Waals surface area contributed by atoms with Crippen molar-refractivity contribution in [3.63, 3.8) is 0 Å². The minimum atomic E-state index is -0.134. The van der Waals surface area contributed by atoms with Crippen LogP contribution in [0, 0.1) is 0 Å². The van der Waals surface area contributed by atoms with Crippen LogP contribution < -0.4 is 20.1 Å². The molecule has 2 aliphatic heterocycles. The molecule has 0 bridgehead atoms. The molecule has 122 valence electrons. The maximum atomic E-state index is 11.4. The molecule has 2 aromatic rings. The Bertz CT molecular complexity index is 762. The number of amides is 2. The number of carbonyl (C=O) groups is 2. The third-order valence-corrected chi connectivity index (χ3v) is 4.06. The van der Waals surface area contributed by atoms with E-state index in [0.29, 0.717) is 11.5 Å². The van der Waals surface area contributed by atoms with Gasteiger partial charge in [0.25, 0.3) is 11.8 Å². The summed E-state index contributed by atoms with van der Waals surface area (Å²) in [5.41, 5.74) is 3.65. The topological polar surface area (TPSA) is 76.7 Å². The fourth-order valence-corrected chi connectivity index (χ4v) is 2.86. The zero-order valence-electron chi connectivity index (χ0n) is 12.9. The largest absolute Gasteiger partial charge is 0.482 e. The molecule has 0 spiro atoms. The first-order valence-corrected chi connectivity index (χ1v) is 7.78. The summed E-state index contributed by atoms with van der Waals surface area (Å²) in [6.45, 7) is 0.129. The third kappa shape index (κ3) is 2.90. The lowest BCUT2D eigenvalue weighted by Crippen LogP contribution is -2.25. The lowest BCUT2D eigenvalue weighted by atomic mass is 10.0. The Labute approximate surface area is 138 Å². The fourth-order valence-electron chi connectivity index (χ4n) is 2.86. The average molecular weight is 324 g/mol.